The molecule has 0 radical (unpaired) electrons. The summed E-state index contributed by atoms with van der Waals surface area (Å²) < 4.78 is 1.28. The van der Waals surface area contributed by atoms with Crippen molar-refractivity contribution in [2.45, 2.75) is 0 Å². The van der Waals surface area contributed by atoms with Gasteiger partial charge >= 0.3 is 0 Å². The number of rotatable bonds is 6. The number of anilines is 3. The van der Waals surface area contributed by atoms with Gasteiger partial charge in [-0.25, -0.2) is 4.98 Å². The molecule has 0 saturated heterocycles. The number of fused-ring (bicyclic) bond motifs is 3. The largest absolute Gasteiger partial charge is 0.310 e. The van der Waals surface area contributed by atoms with E-state index < -0.39 is 0 Å². The molecule has 0 fully saturated rings. The molecule has 208 valence electrons. The van der Waals surface area contributed by atoms with E-state index in [-0.39, 0.29) is 0 Å². The third-order valence-corrected chi connectivity index (χ3v) is 9.32. The van der Waals surface area contributed by atoms with E-state index in [2.05, 4.69) is 168 Å². The summed E-state index contributed by atoms with van der Waals surface area (Å²) in [4.78, 5) is 8.04. The van der Waals surface area contributed by atoms with Gasteiger partial charge in [-0.3, -0.25) is 0 Å². The van der Waals surface area contributed by atoms with Gasteiger partial charge in [-0.2, -0.15) is 0 Å². The Bertz CT molecular complexity index is 2200. The molecule has 3 heteroatoms. The van der Waals surface area contributed by atoms with Crippen LogP contribution in [-0.2, 0) is 0 Å². The van der Waals surface area contributed by atoms with Gasteiger partial charge in [0, 0.05) is 38.7 Å². The summed E-state index contributed by atoms with van der Waals surface area (Å²) in [5, 5.41) is 2.48. The van der Waals surface area contributed by atoms with Crippen molar-refractivity contribution in [2.24, 2.45) is 0 Å². The van der Waals surface area contributed by atoms with Crippen LogP contribution in [0, 0.1) is 0 Å². The molecule has 0 aliphatic rings. The lowest BCUT2D eigenvalue weighted by Crippen LogP contribution is -2.10. The van der Waals surface area contributed by atoms with Gasteiger partial charge in [-0.05, 0) is 81.9 Å². The Labute approximate surface area is 261 Å². The zero-order valence-corrected chi connectivity index (χ0v) is 24.8. The first-order valence-electron chi connectivity index (χ1n) is 14.8. The standard InChI is InChI=1S/C41H28N2S/c1-3-10-29(11-4-1)31-19-23-34(24-20-31)43(36-15-7-14-33(28-36)30-12-5-2-6-13-30)35-25-21-32(22-26-35)37-16-8-17-38-39-18-9-27-42-41(39)44-40(37)38/h1-28H. The second-order valence-corrected chi connectivity index (χ2v) is 11.9. The van der Waals surface area contributed by atoms with Crippen LogP contribution in [0.1, 0.15) is 0 Å². The molecule has 8 aromatic rings. The average Bonchev–Trinajstić information content (AvgIpc) is 3.49. The Hall–Kier alpha value is -5.51. The fourth-order valence-electron chi connectivity index (χ4n) is 5.99. The summed E-state index contributed by atoms with van der Waals surface area (Å²) in [6.45, 7) is 0. The van der Waals surface area contributed by atoms with Crippen LogP contribution < -0.4 is 4.90 Å². The van der Waals surface area contributed by atoms with Crippen LogP contribution in [0.4, 0.5) is 17.1 Å². The molecule has 8 rings (SSSR count). The maximum Gasteiger partial charge on any atom is 0.124 e. The van der Waals surface area contributed by atoms with E-state index in [9.17, 15) is 0 Å². The quantitative estimate of drug-likeness (QED) is 0.194. The highest BCUT2D eigenvalue weighted by atomic mass is 32.1. The molecule has 2 aromatic heterocycles. The summed E-state index contributed by atoms with van der Waals surface area (Å²) >= 11 is 1.76. The van der Waals surface area contributed by atoms with Gasteiger partial charge in [-0.1, -0.05) is 115 Å². The van der Waals surface area contributed by atoms with Crippen molar-refractivity contribution in [3.05, 3.63) is 170 Å². The predicted molar refractivity (Wildman–Crippen MR) is 188 cm³/mol. The highest BCUT2D eigenvalue weighted by Gasteiger charge is 2.16. The monoisotopic (exact) mass is 580 g/mol. The normalized spacial score (nSPS) is 11.2. The maximum atomic E-state index is 4.62. The maximum absolute atomic E-state index is 4.62. The van der Waals surface area contributed by atoms with E-state index in [4.69, 9.17) is 0 Å². The minimum atomic E-state index is 1.08. The molecular formula is C41H28N2S. The van der Waals surface area contributed by atoms with Crippen molar-refractivity contribution in [1.82, 2.24) is 4.98 Å². The minimum absolute atomic E-state index is 1.08. The first kappa shape index (κ1) is 26.1. The van der Waals surface area contributed by atoms with E-state index in [1.54, 1.807) is 11.3 Å². The zero-order valence-electron chi connectivity index (χ0n) is 24.0. The molecule has 44 heavy (non-hydrogen) atoms. The van der Waals surface area contributed by atoms with E-state index in [0.717, 1.165) is 21.9 Å². The predicted octanol–water partition coefficient (Wildman–Crippen LogP) is 11.9. The Balaban J connectivity index is 1.22. The van der Waals surface area contributed by atoms with Gasteiger partial charge in [-0.15, -0.1) is 11.3 Å². The second kappa shape index (κ2) is 11.3. The molecule has 0 aliphatic heterocycles. The van der Waals surface area contributed by atoms with Crippen molar-refractivity contribution >= 4 is 48.7 Å². The van der Waals surface area contributed by atoms with Gasteiger partial charge in [0.1, 0.15) is 4.83 Å². The first-order chi connectivity index (χ1) is 21.8. The van der Waals surface area contributed by atoms with Crippen molar-refractivity contribution in [3.8, 4) is 33.4 Å². The van der Waals surface area contributed by atoms with Gasteiger partial charge in [0.15, 0.2) is 0 Å². The SMILES string of the molecule is c1ccc(-c2ccc(N(c3ccc(-c4cccc5c4sc4ncccc45)cc3)c3cccc(-c4ccccc4)c3)cc2)cc1. The van der Waals surface area contributed by atoms with Crippen molar-refractivity contribution < 1.29 is 0 Å². The topological polar surface area (TPSA) is 16.1 Å². The summed E-state index contributed by atoms with van der Waals surface area (Å²) in [5.74, 6) is 0. The van der Waals surface area contributed by atoms with Crippen molar-refractivity contribution in [1.29, 1.82) is 0 Å². The summed E-state index contributed by atoms with van der Waals surface area (Å²) in [6, 6.07) is 58.5. The molecule has 2 nitrogen and oxygen atoms in total. The third kappa shape index (κ3) is 4.84. The third-order valence-electron chi connectivity index (χ3n) is 8.16. The van der Waals surface area contributed by atoms with Crippen molar-refractivity contribution in [3.63, 3.8) is 0 Å². The Kier molecular flexibility index (Phi) is 6.71. The zero-order chi connectivity index (χ0) is 29.3. The number of thiophene rings is 1. The number of benzene rings is 6. The number of aromatic nitrogens is 1. The molecule has 0 aliphatic carbocycles. The number of hydrogen-bond acceptors (Lipinski definition) is 3. The van der Waals surface area contributed by atoms with Gasteiger partial charge in [0.05, 0.1) is 0 Å². The summed E-state index contributed by atoms with van der Waals surface area (Å²) in [7, 11) is 0. The average molecular weight is 581 g/mol. The lowest BCUT2D eigenvalue weighted by atomic mass is 10.0. The van der Waals surface area contributed by atoms with Gasteiger partial charge < -0.3 is 4.90 Å². The van der Waals surface area contributed by atoms with Crippen LogP contribution >= 0.6 is 11.3 Å². The van der Waals surface area contributed by atoms with E-state index in [0.29, 0.717) is 0 Å². The first-order valence-corrected chi connectivity index (χ1v) is 15.6. The van der Waals surface area contributed by atoms with Gasteiger partial charge in [0.25, 0.3) is 0 Å². The Morgan fingerprint density at radius 3 is 1.68 bits per heavy atom. The molecule has 0 atom stereocenters. The molecular weight excluding hydrogens is 553 g/mol. The molecule has 2 heterocycles. The fraction of sp³-hybridized carbons (Fsp3) is 0. The smallest absolute Gasteiger partial charge is 0.124 e. The number of nitrogens with zero attached hydrogens (tertiary/aromatic N) is 2. The minimum Gasteiger partial charge on any atom is -0.310 e. The lowest BCUT2D eigenvalue weighted by Gasteiger charge is -2.26. The Morgan fingerprint density at radius 2 is 0.977 bits per heavy atom. The molecule has 0 bridgehead atoms. The molecule has 0 N–H and O–H groups in total. The van der Waals surface area contributed by atoms with E-state index in [1.165, 1.54) is 48.9 Å². The van der Waals surface area contributed by atoms with Crippen LogP contribution in [0.3, 0.4) is 0 Å². The highest BCUT2D eigenvalue weighted by molar-refractivity contribution is 7.26. The van der Waals surface area contributed by atoms with Crippen LogP contribution in [0.15, 0.2) is 170 Å². The lowest BCUT2D eigenvalue weighted by molar-refractivity contribution is 1.28. The van der Waals surface area contributed by atoms with Crippen LogP contribution in [0.25, 0.3) is 53.7 Å². The van der Waals surface area contributed by atoms with Crippen molar-refractivity contribution in [2.75, 3.05) is 4.90 Å². The molecule has 0 unspecified atom stereocenters. The molecule has 6 aromatic carbocycles. The summed E-state index contributed by atoms with van der Waals surface area (Å²) in [5.41, 5.74) is 10.6. The molecule has 0 spiro atoms. The van der Waals surface area contributed by atoms with Crippen LogP contribution in [-0.4, -0.2) is 4.98 Å². The van der Waals surface area contributed by atoms with E-state index in [1.807, 2.05) is 12.3 Å². The van der Waals surface area contributed by atoms with Crippen LogP contribution in [0.2, 0.25) is 0 Å². The van der Waals surface area contributed by atoms with Gasteiger partial charge in [0.2, 0.25) is 0 Å². The van der Waals surface area contributed by atoms with Crippen LogP contribution in [0.5, 0.6) is 0 Å². The highest BCUT2D eigenvalue weighted by Crippen LogP contribution is 2.41. The number of hydrogen-bond donors (Lipinski definition) is 0. The molecule has 0 saturated carbocycles. The number of pyridine rings is 1. The summed E-state index contributed by atoms with van der Waals surface area (Å²) in [6.07, 6.45) is 1.87. The molecule has 0 amide bonds. The second-order valence-electron chi connectivity index (χ2n) is 10.9. The fourth-order valence-corrected chi connectivity index (χ4v) is 7.16. The Morgan fingerprint density at radius 1 is 0.409 bits per heavy atom. The van der Waals surface area contributed by atoms with E-state index >= 15 is 0 Å².